The number of rotatable bonds is 7. The lowest BCUT2D eigenvalue weighted by atomic mass is 9.86. The van der Waals surface area contributed by atoms with Crippen LogP contribution in [-0.2, 0) is 13.2 Å². The molecule has 0 N–H and O–H groups in total. The van der Waals surface area contributed by atoms with Crippen molar-refractivity contribution in [3.05, 3.63) is 87.9 Å². The van der Waals surface area contributed by atoms with Crippen molar-refractivity contribution in [2.75, 3.05) is 6.54 Å². The molecule has 3 aromatic rings. The number of hydrogen-bond donors (Lipinski definition) is 0. The molecule has 0 radical (unpaired) electrons. The lowest BCUT2D eigenvalue weighted by molar-refractivity contribution is 0.0633. The van der Waals surface area contributed by atoms with E-state index in [1.54, 1.807) is 11.1 Å². The van der Waals surface area contributed by atoms with Crippen LogP contribution in [0.15, 0.2) is 59.5 Å². The third kappa shape index (κ3) is 4.59. The van der Waals surface area contributed by atoms with Crippen LogP contribution in [0.25, 0.3) is 0 Å². The molecule has 35 heavy (non-hydrogen) atoms. The molecule has 1 saturated carbocycles. The van der Waals surface area contributed by atoms with Crippen molar-refractivity contribution in [2.45, 2.75) is 64.6 Å². The van der Waals surface area contributed by atoms with Crippen LogP contribution in [0.2, 0.25) is 0 Å². The summed E-state index contributed by atoms with van der Waals surface area (Å²) in [6.45, 7) is 5.32. The predicted octanol–water partition coefficient (Wildman–Crippen LogP) is 4.40. The molecule has 2 aliphatic rings. The van der Waals surface area contributed by atoms with Gasteiger partial charge in [-0.2, -0.15) is 4.98 Å². The van der Waals surface area contributed by atoms with Gasteiger partial charge in [-0.05, 0) is 50.3 Å². The minimum absolute atomic E-state index is 0.0198. The van der Waals surface area contributed by atoms with Gasteiger partial charge in [0.25, 0.3) is 5.91 Å². The summed E-state index contributed by atoms with van der Waals surface area (Å²) < 4.78 is 7.97. The average molecular weight is 473 g/mol. The maximum Gasteiger partial charge on any atom is 0.316 e. The Morgan fingerprint density at radius 2 is 1.74 bits per heavy atom. The van der Waals surface area contributed by atoms with Gasteiger partial charge in [0.1, 0.15) is 12.4 Å². The van der Waals surface area contributed by atoms with Gasteiger partial charge in [0.05, 0.1) is 11.6 Å². The topological polar surface area (TPSA) is 77.3 Å². The fraction of sp³-hybridized carbons (Fsp3) is 0.429. The molecule has 0 bridgehead atoms. The van der Waals surface area contributed by atoms with Crippen molar-refractivity contribution >= 4 is 5.91 Å². The quantitative estimate of drug-likeness (QED) is 0.509. The fourth-order valence-electron chi connectivity index (χ4n) is 5.46. The second kappa shape index (κ2) is 10.0. The summed E-state index contributed by atoms with van der Waals surface area (Å²) in [5.41, 5.74) is 1.66. The highest BCUT2D eigenvalue weighted by atomic mass is 16.5. The van der Waals surface area contributed by atoms with Crippen LogP contribution in [0.3, 0.4) is 0 Å². The van der Waals surface area contributed by atoms with E-state index < -0.39 is 5.56 Å². The maximum atomic E-state index is 13.7. The first kappa shape index (κ1) is 23.3. The summed E-state index contributed by atoms with van der Waals surface area (Å²) in [5, 5.41) is 0. The molecule has 0 spiro atoms. The number of hydrogen-bond acceptors (Lipinski definition) is 5. The summed E-state index contributed by atoms with van der Waals surface area (Å²) in [4.78, 5) is 38.2. The first-order valence-corrected chi connectivity index (χ1v) is 12.6. The zero-order valence-corrected chi connectivity index (χ0v) is 20.4. The Bertz CT molecular complexity index is 1230. The lowest BCUT2D eigenvalue weighted by Gasteiger charge is -2.36. The van der Waals surface area contributed by atoms with Crippen molar-refractivity contribution in [1.29, 1.82) is 0 Å². The Labute approximate surface area is 205 Å². The molecule has 1 atom stereocenters. The third-order valence-corrected chi connectivity index (χ3v) is 7.20. The highest BCUT2D eigenvalue weighted by molar-refractivity contribution is 5.96. The molecule has 7 heteroatoms. The Morgan fingerprint density at radius 3 is 2.43 bits per heavy atom. The van der Waals surface area contributed by atoms with Gasteiger partial charge in [-0.3, -0.25) is 14.6 Å². The molecule has 5 rings (SSSR count). The van der Waals surface area contributed by atoms with E-state index in [1.165, 1.54) is 0 Å². The summed E-state index contributed by atoms with van der Waals surface area (Å²) in [6.07, 6.45) is 6.22. The number of aromatic nitrogens is 3. The van der Waals surface area contributed by atoms with Crippen LogP contribution in [0.5, 0.6) is 5.75 Å². The molecule has 1 aliphatic carbocycles. The van der Waals surface area contributed by atoms with Crippen molar-refractivity contribution in [2.24, 2.45) is 5.92 Å². The van der Waals surface area contributed by atoms with E-state index in [0.29, 0.717) is 30.5 Å². The Hall–Kier alpha value is -3.48. The predicted molar refractivity (Wildman–Crippen MR) is 133 cm³/mol. The Balaban J connectivity index is 1.64. The molecule has 3 heterocycles. The highest BCUT2D eigenvalue weighted by Gasteiger charge is 2.38. The van der Waals surface area contributed by atoms with Crippen LogP contribution in [0, 0.1) is 5.92 Å². The van der Waals surface area contributed by atoms with E-state index in [4.69, 9.17) is 4.74 Å². The fourth-order valence-corrected chi connectivity index (χ4v) is 5.46. The van der Waals surface area contributed by atoms with Crippen LogP contribution < -0.4 is 10.3 Å². The second-order valence-corrected chi connectivity index (χ2v) is 9.75. The van der Waals surface area contributed by atoms with Crippen molar-refractivity contribution in [3.8, 4) is 5.75 Å². The number of ether oxygens (including phenoxy) is 1. The zero-order valence-electron chi connectivity index (χ0n) is 20.4. The minimum atomic E-state index is -0.486. The summed E-state index contributed by atoms with van der Waals surface area (Å²) in [7, 11) is 0. The van der Waals surface area contributed by atoms with Crippen molar-refractivity contribution < 1.29 is 9.53 Å². The van der Waals surface area contributed by atoms with Crippen LogP contribution in [0.4, 0.5) is 0 Å². The number of carbonyl (C=O) groups excluding carboxylic acids is 1. The first-order valence-electron chi connectivity index (χ1n) is 12.6. The van der Waals surface area contributed by atoms with E-state index in [2.05, 4.69) is 9.97 Å². The Kier molecular flexibility index (Phi) is 6.66. The van der Waals surface area contributed by atoms with E-state index >= 15 is 0 Å². The summed E-state index contributed by atoms with van der Waals surface area (Å²) >= 11 is 0. The number of benzene rings is 1. The number of carbonyl (C=O) groups is 1. The number of fused-ring (bicyclic) bond motifs is 1. The SMILES string of the molecule is CC(C)N1CCn2c(C(c3ccccn3)C3CCCC3)nc(=O)c(OCc3ccccc3)c2C1=O. The number of pyridine rings is 1. The van der Waals surface area contributed by atoms with Gasteiger partial charge >= 0.3 is 5.56 Å². The standard InChI is InChI=1S/C28H32N4O3/c1-19(2)31-16-17-32-24(28(31)34)25(35-18-20-10-4-3-5-11-20)27(33)30-26(32)23(21-12-6-7-13-21)22-14-8-9-15-29-22/h3-5,8-11,14-15,19,21,23H,6-7,12-13,16-18H2,1-2H3. The Morgan fingerprint density at radius 1 is 1.00 bits per heavy atom. The van der Waals surface area contributed by atoms with Crippen LogP contribution in [-0.4, -0.2) is 37.9 Å². The van der Waals surface area contributed by atoms with Gasteiger partial charge in [-0.15, -0.1) is 0 Å². The molecule has 1 aliphatic heterocycles. The normalized spacial score (nSPS) is 17.0. The van der Waals surface area contributed by atoms with Crippen LogP contribution >= 0.6 is 0 Å². The van der Waals surface area contributed by atoms with Gasteiger partial charge in [-0.25, -0.2) is 0 Å². The van der Waals surface area contributed by atoms with Crippen molar-refractivity contribution in [1.82, 2.24) is 19.4 Å². The summed E-state index contributed by atoms with van der Waals surface area (Å²) in [5.74, 6) is 0.703. The van der Waals surface area contributed by atoms with Crippen molar-refractivity contribution in [3.63, 3.8) is 0 Å². The van der Waals surface area contributed by atoms with E-state index in [1.807, 2.05) is 66.9 Å². The molecule has 1 unspecified atom stereocenters. The molecule has 1 fully saturated rings. The molecule has 1 aromatic carbocycles. The van der Waals surface area contributed by atoms with Gasteiger partial charge in [-0.1, -0.05) is 49.2 Å². The van der Waals surface area contributed by atoms with E-state index in [0.717, 1.165) is 36.9 Å². The maximum absolute atomic E-state index is 13.7. The average Bonchev–Trinajstić information content (AvgIpc) is 3.40. The summed E-state index contributed by atoms with van der Waals surface area (Å²) in [6, 6.07) is 15.6. The molecule has 2 aromatic heterocycles. The van der Waals surface area contributed by atoms with Gasteiger partial charge in [0, 0.05) is 25.3 Å². The minimum Gasteiger partial charge on any atom is -0.481 e. The molecular weight excluding hydrogens is 440 g/mol. The smallest absolute Gasteiger partial charge is 0.316 e. The zero-order chi connectivity index (χ0) is 24.4. The first-order chi connectivity index (χ1) is 17.0. The van der Waals surface area contributed by atoms with Gasteiger partial charge < -0.3 is 14.2 Å². The number of amides is 1. The highest BCUT2D eigenvalue weighted by Crippen LogP contribution is 2.41. The molecule has 0 saturated heterocycles. The molecule has 1 amide bonds. The van der Waals surface area contributed by atoms with Gasteiger partial charge in [0.15, 0.2) is 5.69 Å². The lowest BCUT2D eigenvalue weighted by Crippen LogP contribution is -2.47. The largest absolute Gasteiger partial charge is 0.481 e. The van der Waals surface area contributed by atoms with E-state index in [-0.39, 0.29) is 30.2 Å². The molecular formula is C28H32N4O3. The van der Waals surface area contributed by atoms with Gasteiger partial charge in [0.2, 0.25) is 5.75 Å². The number of nitrogens with zero attached hydrogens (tertiary/aromatic N) is 4. The second-order valence-electron chi connectivity index (χ2n) is 9.75. The molecule has 7 nitrogen and oxygen atoms in total. The monoisotopic (exact) mass is 472 g/mol. The van der Waals surface area contributed by atoms with Crippen LogP contribution in [0.1, 0.15) is 73.0 Å². The van der Waals surface area contributed by atoms with E-state index in [9.17, 15) is 9.59 Å². The molecule has 182 valence electrons. The third-order valence-electron chi connectivity index (χ3n) is 7.20.